The SMILES string of the molecule is C=C(C)C(=O)O.C=C(C)C(=O)OC(CCN(C)C)c1ccccc1. The highest BCUT2D eigenvalue weighted by molar-refractivity contribution is 5.87. The smallest absolute Gasteiger partial charge is 0.333 e. The minimum Gasteiger partial charge on any atom is -0.478 e. The molecule has 5 nitrogen and oxygen atoms in total. The van der Waals surface area contributed by atoms with E-state index in [1.54, 1.807) is 6.92 Å². The molecule has 0 aromatic heterocycles. The molecule has 0 aliphatic rings. The van der Waals surface area contributed by atoms with Gasteiger partial charge in [-0.05, 0) is 33.5 Å². The third kappa shape index (κ3) is 9.58. The van der Waals surface area contributed by atoms with Crippen molar-refractivity contribution < 1.29 is 19.4 Å². The summed E-state index contributed by atoms with van der Waals surface area (Å²) in [5, 5.41) is 7.89. The number of carbonyl (C=O) groups excluding carboxylic acids is 1. The van der Waals surface area contributed by atoms with E-state index in [9.17, 15) is 9.59 Å². The van der Waals surface area contributed by atoms with Crippen molar-refractivity contribution in [1.29, 1.82) is 0 Å². The summed E-state index contributed by atoms with van der Waals surface area (Å²) in [4.78, 5) is 23.3. The minimum absolute atomic E-state index is 0.176. The van der Waals surface area contributed by atoms with Crippen LogP contribution < -0.4 is 0 Å². The van der Waals surface area contributed by atoms with Crippen molar-refractivity contribution in [1.82, 2.24) is 4.90 Å². The van der Waals surface area contributed by atoms with E-state index in [1.165, 1.54) is 6.92 Å². The Kier molecular flexibility index (Phi) is 10.1. The van der Waals surface area contributed by atoms with Crippen molar-refractivity contribution in [3.05, 3.63) is 60.2 Å². The lowest BCUT2D eigenvalue weighted by molar-refractivity contribution is -0.145. The van der Waals surface area contributed by atoms with Gasteiger partial charge in [-0.15, -0.1) is 0 Å². The number of rotatable bonds is 7. The largest absolute Gasteiger partial charge is 0.478 e. The summed E-state index contributed by atoms with van der Waals surface area (Å²) in [7, 11) is 4.01. The van der Waals surface area contributed by atoms with Gasteiger partial charge in [-0.1, -0.05) is 43.5 Å². The van der Waals surface area contributed by atoms with Crippen molar-refractivity contribution in [3.8, 4) is 0 Å². The summed E-state index contributed by atoms with van der Waals surface area (Å²) in [5.74, 6) is -1.27. The van der Waals surface area contributed by atoms with Crippen molar-refractivity contribution in [2.75, 3.05) is 20.6 Å². The minimum atomic E-state index is -0.935. The van der Waals surface area contributed by atoms with Gasteiger partial charge in [0.1, 0.15) is 6.10 Å². The summed E-state index contributed by atoms with van der Waals surface area (Å²) in [6, 6.07) is 9.81. The summed E-state index contributed by atoms with van der Waals surface area (Å²) in [5.41, 5.74) is 1.63. The van der Waals surface area contributed by atoms with E-state index in [-0.39, 0.29) is 17.6 Å². The van der Waals surface area contributed by atoms with Crippen LogP contribution in [0.25, 0.3) is 0 Å². The monoisotopic (exact) mass is 333 g/mol. The Morgan fingerprint density at radius 2 is 1.62 bits per heavy atom. The van der Waals surface area contributed by atoms with E-state index < -0.39 is 5.97 Å². The van der Waals surface area contributed by atoms with Gasteiger partial charge in [0, 0.05) is 24.1 Å². The van der Waals surface area contributed by atoms with Crippen LogP contribution in [-0.2, 0) is 14.3 Å². The van der Waals surface area contributed by atoms with Gasteiger partial charge in [0.05, 0.1) is 0 Å². The number of carbonyl (C=O) groups is 2. The molecular formula is C19H27NO4. The molecule has 1 N–H and O–H groups in total. The lowest BCUT2D eigenvalue weighted by Crippen LogP contribution is -2.19. The van der Waals surface area contributed by atoms with Gasteiger partial charge in [-0.2, -0.15) is 0 Å². The van der Waals surface area contributed by atoms with Gasteiger partial charge in [0.25, 0.3) is 0 Å². The van der Waals surface area contributed by atoms with Crippen LogP contribution in [0.4, 0.5) is 0 Å². The highest BCUT2D eigenvalue weighted by atomic mass is 16.5. The van der Waals surface area contributed by atoms with E-state index in [2.05, 4.69) is 18.1 Å². The quantitative estimate of drug-likeness (QED) is 0.611. The molecule has 0 amide bonds. The topological polar surface area (TPSA) is 66.8 Å². The average molecular weight is 333 g/mol. The number of carboxylic acids is 1. The Balaban J connectivity index is 0.000000754. The summed E-state index contributed by atoms with van der Waals surface area (Å²) < 4.78 is 5.48. The maximum Gasteiger partial charge on any atom is 0.333 e. The first kappa shape index (κ1) is 21.6. The number of esters is 1. The first-order valence-electron chi connectivity index (χ1n) is 7.60. The molecular weight excluding hydrogens is 306 g/mol. The predicted octanol–water partition coefficient (Wildman–Crippen LogP) is 3.45. The summed E-state index contributed by atoms with van der Waals surface area (Å²) in [6.07, 6.45) is 0.563. The molecule has 132 valence electrons. The highest BCUT2D eigenvalue weighted by Crippen LogP contribution is 2.22. The van der Waals surface area contributed by atoms with Crippen LogP contribution in [0.3, 0.4) is 0 Å². The summed E-state index contributed by atoms with van der Waals surface area (Å²) in [6.45, 7) is 10.7. The molecule has 0 radical (unpaired) electrons. The van der Waals surface area contributed by atoms with E-state index >= 15 is 0 Å². The molecule has 24 heavy (non-hydrogen) atoms. The third-order valence-corrected chi connectivity index (χ3v) is 2.97. The van der Waals surface area contributed by atoms with Crippen LogP contribution in [0, 0.1) is 0 Å². The molecule has 0 saturated heterocycles. The van der Waals surface area contributed by atoms with Gasteiger partial charge in [-0.3, -0.25) is 0 Å². The van der Waals surface area contributed by atoms with Crippen molar-refractivity contribution >= 4 is 11.9 Å². The van der Waals surface area contributed by atoms with E-state index in [0.29, 0.717) is 5.57 Å². The van der Waals surface area contributed by atoms with Crippen LogP contribution >= 0.6 is 0 Å². The van der Waals surface area contributed by atoms with Gasteiger partial charge in [0.15, 0.2) is 0 Å². The van der Waals surface area contributed by atoms with Gasteiger partial charge in [0.2, 0.25) is 0 Å². The van der Waals surface area contributed by atoms with Crippen LogP contribution in [0.15, 0.2) is 54.6 Å². The Morgan fingerprint density at radius 3 is 2.00 bits per heavy atom. The molecule has 1 rings (SSSR count). The Hall–Kier alpha value is -2.40. The van der Waals surface area contributed by atoms with Gasteiger partial charge >= 0.3 is 11.9 Å². The fourth-order valence-corrected chi connectivity index (χ4v) is 1.57. The maximum atomic E-state index is 11.6. The lowest BCUT2D eigenvalue weighted by Gasteiger charge is -2.20. The van der Waals surface area contributed by atoms with Crippen molar-refractivity contribution in [2.45, 2.75) is 26.4 Å². The zero-order valence-electron chi connectivity index (χ0n) is 14.9. The van der Waals surface area contributed by atoms with Crippen LogP contribution in [0.5, 0.6) is 0 Å². The molecule has 0 heterocycles. The van der Waals surface area contributed by atoms with Crippen LogP contribution in [0.1, 0.15) is 31.9 Å². The lowest BCUT2D eigenvalue weighted by atomic mass is 10.1. The molecule has 1 aromatic carbocycles. The fourth-order valence-electron chi connectivity index (χ4n) is 1.57. The Bertz CT molecular complexity index is 552. The van der Waals surface area contributed by atoms with Crippen molar-refractivity contribution in [3.63, 3.8) is 0 Å². The average Bonchev–Trinajstić information content (AvgIpc) is 2.52. The second-order valence-electron chi connectivity index (χ2n) is 5.76. The molecule has 5 heteroatoms. The van der Waals surface area contributed by atoms with E-state index in [4.69, 9.17) is 9.84 Å². The Morgan fingerprint density at radius 1 is 1.12 bits per heavy atom. The number of hydrogen-bond acceptors (Lipinski definition) is 4. The maximum absolute atomic E-state index is 11.6. The van der Waals surface area contributed by atoms with Crippen LogP contribution in [0.2, 0.25) is 0 Å². The number of nitrogens with zero attached hydrogens (tertiary/aromatic N) is 1. The first-order chi connectivity index (χ1) is 11.1. The highest BCUT2D eigenvalue weighted by Gasteiger charge is 2.17. The Labute approximate surface area is 144 Å². The zero-order chi connectivity index (χ0) is 18.7. The second-order valence-corrected chi connectivity index (χ2v) is 5.76. The number of carboxylic acid groups (broad SMARTS) is 1. The molecule has 0 aliphatic heterocycles. The third-order valence-electron chi connectivity index (χ3n) is 2.97. The molecule has 0 fully saturated rings. The normalized spacial score (nSPS) is 11.0. The molecule has 1 aromatic rings. The number of benzene rings is 1. The molecule has 1 unspecified atom stereocenters. The number of ether oxygens (including phenoxy) is 1. The second kappa shape index (κ2) is 11.2. The molecule has 0 spiro atoms. The number of aliphatic carboxylic acids is 1. The van der Waals surface area contributed by atoms with Gasteiger partial charge < -0.3 is 14.7 Å². The van der Waals surface area contributed by atoms with E-state index in [0.717, 1.165) is 18.5 Å². The molecule has 0 saturated carbocycles. The molecule has 0 bridgehead atoms. The fraction of sp³-hybridized carbons (Fsp3) is 0.368. The number of hydrogen-bond donors (Lipinski definition) is 1. The van der Waals surface area contributed by atoms with Gasteiger partial charge in [-0.25, -0.2) is 9.59 Å². The summed E-state index contributed by atoms with van der Waals surface area (Å²) >= 11 is 0. The molecule has 0 aliphatic carbocycles. The predicted molar refractivity (Wildman–Crippen MR) is 95.7 cm³/mol. The van der Waals surface area contributed by atoms with Crippen molar-refractivity contribution in [2.24, 2.45) is 0 Å². The molecule has 1 atom stereocenters. The van der Waals surface area contributed by atoms with E-state index in [1.807, 2.05) is 44.4 Å². The van der Waals surface area contributed by atoms with Crippen LogP contribution in [-0.4, -0.2) is 42.6 Å². The first-order valence-corrected chi connectivity index (χ1v) is 7.60. The zero-order valence-corrected chi connectivity index (χ0v) is 14.9. The standard InChI is InChI=1S/C15H21NO2.C4H6O2/c1-12(2)15(17)18-14(10-11-16(3)4)13-8-6-5-7-9-13;1-3(2)4(5)6/h5-9,14H,1,10-11H2,2-4H3;1H2,2H3,(H,5,6).